The van der Waals surface area contributed by atoms with E-state index in [0.29, 0.717) is 12.1 Å². The molecule has 3 aromatic rings. The van der Waals surface area contributed by atoms with Crippen LogP contribution in [-0.2, 0) is 7.05 Å². The summed E-state index contributed by atoms with van der Waals surface area (Å²) >= 11 is 0. The van der Waals surface area contributed by atoms with Crippen molar-refractivity contribution in [3.8, 4) is 17.0 Å². The molecule has 0 aliphatic rings. The highest BCUT2D eigenvalue weighted by Gasteiger charge is 2.16. The third-order valence-corrected chi connectivity index (χ3v) is 4.44. The second-order valence-corrected chi connectivity index (χ2v) is 6.24. The molecule has 0 saturated carbocycles. The molecule has 0 aliphatic heterocycles. The van der Waals surface area contributed by atoms with Crippen molar-refractivity contribution < 1.29 is 14.6 Å². The first-order valence-electron chi connectivity index (χ1n) is 8.64. The Morgan fingerprint density at radius 3 is 2.63 bits per heavy atom. The number of aliphatic hydroxyl groups is 1. The highest BCUT2D eigenvalue weighted by atomic mass is 16.5. The first-order valence-corrected chi connectivity index (χ1v) is 8.64. The SMILES string of the molecule is CCC(O)CNC(=O)c1cn2cc(-c3ccc(OC)cc3)n(C)c(=O)c2n1. The van der Waals surface area contributed by atoms with E-state index < -0.39 is 12.0 Å². The van der Waals surface area contributed by atoms with Gasteiger partial charge in [-0.15, -0.1) is 0 Å². The summed E-state index contributed by atoms with van der Waals surface area (Å²) in [6.07, 6.45) is 3.19. The van der Waals surface area contributed by atoms with Crippen LogP contribution in [0.4, 0.5) is 0 Å². The molecule has 2 heterocycles. The molecular formula is C19H22N4O4. The van der Waals surface area contributed by atoms with Gasteiger partial charge in [0.1, 0.15) is 11.4 Å². The van der Waals surface area contributed by atoms with Crippen LogP contribution in [0.3, 0.4) is 0 Å². The zero-order chi connectivity index (χ0) is 19.6. The van der Waals surface area contributed by atoms with Gasteiger partial charge < -0.3 is 19.7 Å². The van der Waals surface area contributed by atoms with Crippen molar-refractivity contribution in [3.63, 3.8) is 0 Å². The van der Waals surface area contributed by atoms with E-state index in [1.807, 2.05) is 31.2 Å². The van der Waals surface area contributed by atoms with E-state index in [1.165, 1.54) is 10.8 Å². The van der Waals surface area contributed by atoms with E-state index in [-0.39, 0.29) is 23.4 Å². The monoisotopic (exact) mass is 370 g/mol. The number of aliphatic hydroxyl groups excluding tert-OH is 1. The van der Waals surface area contributed by atoms with Crippen LogP contribution in [0.2, 0.25) is 0 Å². The molecule has 0 aliphatic carbocycles. The molecule has 0 bridgehead atoms. The molecule has 142 valence electrons. The van der Waals surface area contributed by atoms with Crippen molar-refractivity contribution in [2.24, 2.45) is 7.05 Å². The summed E-state index contributed by atoms with van der Waals surface area (Å²) in [6.45, 7) is 1.96. The smallest absolute Gasteiger partial charge is 0.294 e. The summed E-state index contributed by atoms with van der Waals surface area (Å²) in [6, 6.07) is 7.35. The molecule has 0 spiro atoms. The standard InChI is InChI=1S/C19H22N4O4/c1-4-13(24)9-20-18(25)15-10-23-11-16(22(2)19(26)17(23)21-15)12-5-7-14(27-3)8-6-12/h5-8,10-11,13,24H,4,9H2,1-3H3,(H,20,25). The molecule has 0 fully saturated rings. The Kier molecular flexibility index (Phi) is 5.27. The van der Waals surface area contributed by atoms with Crippen molar-refractivity contribution in [1.82, 2.24) is 19.3 Å². The van der Waals surface area contributed by atoms with Crippen molar-refractivity contribution >= 4 is 11.6 Å². The number of carbonyl (C=O) groups is 1. The Morgan fingerprint density at radius 2 is 2.00 bits per heavy atom. The topological polar surface area (TPSA) is 97.9 Å². The second-order valence-electron chi connectivity index (χ2n) is 6.24. The van der Waals surface area contributed by atoms with Crippen LogP contribution < -0.4 is 15.6 Å². The number of ether oxygens (including phenoxy) is 1. The van der Waals surface area contributed by atoms with Crippen LogP contribution in [0.15, 0.2) is 41.5 Å². The fourth-order valence-electron chi connectivity index (χ4n) is 2.71. The molecule has 8 nitrogen and oxygen atoms in total. The first kappa shape index (κ1) is 18.7. The zero-order valence-corrected chi connectivity index (χ0v) is 15.5. The Bertz CT molecular complexity index is 1020. The number of amides is 1. The number of aromatic nitrogens is 3. The molecule has 3 rings (SSSR count). The number of nitrogens with zero attached hydrogens (tertiary/aromatic N) is 3. The van der Waals surface area contributed by atoms with Crippen molar-refractivity contribution in [2.75, 3.05) is 13.7 Å². The third-order valence-electron chi connectivity index (χ3n) is 4.44. The van der Waals surface area contributed by atoms with Crippen LogP contribution in [-0.4, -0.2) is 44.7 Å². The Balaban J connectivity index is 1.98. The maximum atomic E-state index is 12.7. The number of fused-ring (bicyclic) bond motifs is 1. The zero-order valence-electron chi connectivity index (χ0n) is 15.5. The van der Waals surface area contributed by atoms with Crippen LogP contribution in [0.1, 0.15) is 23.8 Å². The number of rotatable bonds is 6. The highest BCUT2D eigenvalue weighted by Crippen LogP contribution is 2.21. The summed E-state index contributed by atoms with van der Waals surface area (Å²) in [7, 11) is 3.25. The van der Waals surface area contributed by atoms with Gasteiger partial charge >= 0.3 is 0 Å². The average Bonchev–Trinajstić information content (AvgIpc) is 3.13. The van der Waals surface area contributed by atoms with Gasteiger partial charge in [-0.3, -0.25) is 14.0 Å². The lowest BCUT2D eigenvalue weighted by atomic mass is 10.1. The minimum Gasteiger partial charge on any atom is -0.497 e. The molecule has 0 saturated heterocycles. The summed E-state index contributed by atoms with van der Waals surface area (Å²) < 4.78 is 8.20. The van der Waals surface area contributed by atoms with Crippen molar-refractivity contribution in [1.29, 1.82) is 0 Å². The Morgan fingerprint density at radius 1 is 1.30 bits per heavy atom. The number of hydrogen-bond acceptors (Lipinski definition) is 5. The van der Waals surface area contributed by atoms with E-state index in [9.17, 15) is 14.7 Å². The second kappa shape index (κ2) is 7.63. The van der Waals surface area contributed by atoms with Gasteiger partial charge in [-0.05, 0) is 30.7 Å². The number of nitrogens with one attached hydrogen (secondary N) is 1. The van der Waals surface area contributed by atoms with E-state index in [1.54, 1.807) is 24.8 Å². The quantitative estimate of drug-likeness (QED) is 0.680. The lowest BCUT2D eigenvalue weighted by Gasteiger charge is -2.09. The average molecular weight is 370 g/mol. The van der Waals surface area contributed by atoms with Gasteiger partial charge in [-0.25, -0.2) is 4.98 Å². The fraction of sp³-hybridized carbons (Fsp3) is 0.316. The minimum absolute atomic E-state index is 0.127. The van der Waals surface area contributed by atoms with Crippen LogP contribution >= 0.6 is 0 Å². The summed E-state index contributed by atoms with van der Waals surface area (Å²) in [4.78, 5) is 29.1. The lowest BCUT2D eigenvalue weighted by Crippen LogP contribution is -2.31. The van der Waals surface area contributed by atoms with E-state index in [4.69, 9.17) is 4.74 Å². The molecule has 1 aromatic carbocycles. The molecule has 2 aromatic heterocycles. The minimum atomic E-state index is -0.611. The summed E-state index contributed by atoms with van der Waals surface area (Å²) in [5.41, 5.74) is 1.50. The molecule has 8 heteroatoms. The Hall–Kier alpha value is -3.13. The maximum Gasteiger partial charge on any atom is 0.294 e. The van der Waals surface area contributed by atoms with Crippen molar-refractivity contribution in [3.05, 3.63) is 52.7 Å². The predicted molar refractivity (Wildman–Crippen MR) is 101 cm³/mol. The van der Waals surface area contributed by atoms with Crippen LogP contribution in [0.25, 0.3) is 16.9 Å². The van der Waals surface area contributed by atoms with Crippen LogP contribution in [0.5, 0.6) is 5.75 Å². The van der Waals surface area contributed by atoms with E-state index >= 15 is 0 Å². The van der Waals surface area contributed by atoms with E-state index in [0.717, 1.165) is 11.3 Å². The molecule has 1 unspecified atom stereocenters. The summed E-state index contributed by atoms with van der Waals surface area (Å²) in [5.74, 6) is 0.292. The molecule has 1 amide bonds. The number of imidazole rings is 1. The molecule has 27 heavy (non-hydrogen) atoms. The number of hydrogen-bond donors (Lipinski definition) is 2. The van der Waals surface area contributed by atoms with Gasteiger partial charge in [0.25, 0.3) is 11.5 Å². The third kappa shape index (κ3) is 3.70. The normalized spacial score (nSPS) is 12.1. The lowest BCUT2D eigenvalue weighted by molar-refractivity contribution is 0.0909. The molecule has 2 N–H and O–H groups in total. The van der Waals surface area contributed by atoms with Gasteiger partial charge in [0.2, 0.25) is 5.65 Å². The number of methoxy groups -OCH3 is 1. The largest absolute Gasteiger partial charge is 0.497 e. The summed E-state index contributed by atoms with van der Waals surface area (Å²) in [5, 5.41) is 12.2. The fourth-order valence-corrected chi connectivity index (χ4v) is 2.71. The highest BCUT2D eigenvalue weighted by molar-refractivity contribution is 5.92. The van der Waals surface area contributed by atoms with Crippen LogP contribution in [0, 0.1) is 0 Å². The number of carbonyl (C=O) groups excluding carboxylic acids is 1. The van der Waals surface area contributed by atoms with Gasteiger partial charge in [0.05, 0.1) is 18.9 Å². The van der Waals surface area contributed by atoms with Gasteiger partial charge in [0.15, 0.2) is 0 Å². The number of benzene rings is 1. The van der Waals surface area contributed by atoms with Crippen molar-refractivity contribution in [2.45, 2.75) is 19.4 Å². The van der Waals surface area contributed by atoms with Gasteiger partial charge in [-0.2, -0.15) is 0 Å². The molecular weight excluding hydrogens is 348 g/mol. The first-order chi connectivity index (χ1) is 12.9. The Labute approximate surface area is 156 Å². The molecule has 1 atom stereocenters. The predicted octanol–water partition coefficient (Wildman–Crippen LogP) is 1.21. The van der Waals surface area contributed by atoms with Gasteiger partial charge in [0, 0.05) is 31.5 Å². The maximum absolute atomic E-state index is 12.7. The van der Waals surface area contributed by atoms with E-state index in [2.05, 4.69) is 10.3 Å². The molecule has 0 radical (unpaired) electrons. The van der Waals surface area contributed by atoms with Gasteiger partial charge in [-0.1, -0.05) is 6.92 Å².